The standard InChI is InChI=1S/C29H32Cl3N3O4S/c1-4-20(3)33-29(37)27(5-2)34(18-24-25(31)12-9-13-26(24)32)28(36)19-35(22-10-7-6-8-11-22)40(38,39)23-16-14-21(30)15-17-23/h6-17,20,27H,4-5,18-19H2,1-3H3,(H,33,37)/t20-,27+/m0/s1. The highest BCUT2D eigenvalue weighted by Gasteiger charge is 2.34. The molecule has 214 valence electrons. The van der Waals surface area contributed by atoms with E-state index in [-0.39, 0.29) is 29.8 Å². The number of benzene rings is 3. The first-order chi connectivity index (χ1) is 19.0. The largest absolute Gasteiger partial charge is 0.352 e. The van der Waals surface area contributed by atoms with Crippen molar-refractivity contribution in [2.24, 2.45) is 0 Å². The second kappa shape index (κ2) is 14.2. The minimum atomic E-state index is -4.19. The molecule has 11 heteroatoms. The Kier molecular flexibility index (Phi) is 11.3. The van der Waals surface area contributed by atoms with Crippen molar-refractivity contribution in [3.63, 3.8) is 0 Å². The zero-order valence-corrected chi connectivity index (χ0v) is 25.6. The number of anilines is 1. The molecule has 0 saturated heterocycles. The summed E-state index contributed by atoms with van der Waals surface area (Å²) in [7, 11) is -4.19. The van der Waals surface area contributed by atoms with E-state index in [2.05, 4.69) is 5.32 Å². The Bertz CT molecular complexity index is 1400. The summed E-state index contributed by atoms with van der Waals surface area (Å²) in [5.41, 5.74) is 0.749. The molecule has 0 radical (unpaired) electrons. The van der Waals surface area contributed by atoms with Gasteiger partial charge in [-0.05, 0) is 68.3 Å². The molecule has 0 heterocycles. The van der Waals surface area contributed by atoms with Gasteiger partial charge in [-0.1, -0.05) is 72.9 Å². The molecule has 0 unspecified atom stereocenters. The Labute approximate surface area is 251 Å². The van der Waals surface area contributed by atoms with Crippen molar-refractivity contribution in [2.45, 2.75) is 57.1 Å². The van der Waals surface area contributed by atoms with Crippen LogP contribution in [0.5, 0.6) is 0 Å². The molecule has 1 N–H and O–H groups in total. The van der Waals surface area contributed by atoms with Crippen molar-refractivity contribution in [2.75, 3.05) is 10.8 Å². The van der Waals surface area contributed by atoms with Gasteiger partial charge in [-0.25, -0.2) is 8.42 Å². The number of rotatable bonds is 12. The molecule has 3 aromatic rings. The lowest BCUT2D eigenvalue weighted by atomic mass is 10.1. The first kappa shape index (κ1) is 31.7. The number of amides is 2. The lowest BCUT2D eigenvalue weighted by molar-refractivity contribution is -0.140. The van der Waals surface area contributed by atoms with Crippen LogP contribution in [0.3, 0.4) is 0 Å². The number of sulfonamides is 1. The first-order valence-electron chi connectivity index (χ1n) is 12.9. The lowest BCUT2D eigenvalue weighted by Crippen LogP contribution is -2.53. The Hall–Kier alpha value is -2.78. The smallest absolute Gasteiger partial charge is 0.264 e. The summed E-state index contributed by atoms with van der Waals surface area (Å²) in [6.45, 7) is 4.95. The fourth-order valence-corrected chi connectivity index (χ4v) is 6.13. The fraction of sp³-hybridized carbons (Fsp3) is 0.310. The molecular formula is C29H32Cl3N3O4S. The van der Waals surface area contributed by atoms with Crippen LogP contribution >= 0.6 is 34.8 Å². The fourth-order valence-electron chi connectivity index (χ4n) is 4.07. The predicted molar refractivity (Wildman–Crippen MR) is 161 cm³/mol. The molecule has 3 aromatic carbocycles. The molecular weight excluding hydrogens is 593 g/mol. The van der Waals surface area contributed by atoms with E-state index < -0.39 is 28.5 Å². The van der Waals surface area contributed by atoms with E-state index in [1.165, 1.54) is 29.2 Å². The molecule has 0 saturated carbocycles. The van der Waals surface area contributed by atoms with Crippen molar-refractivity contribution in [3.8, 4) is 0 Å². The molecule has 0 aliphatic heterocycles. The molecule has 3 rings (SSSR count). The quantitative estimate of drug-likeness (QED) is 0.247. The molecule has 0 aromatic heterocycles. The number of carbonyl (C=O) groups is 2. The maximum Gasteiger partial charge on any atom is 0.264 e. The van der Waals surface area contributed by atoms with E-state index in [9.17, 15) is 18.0 Å². The Morgan fingerprint density at radius 1 is 0.850 bits per heavy atom. The number of hydrogen-bond donors (Lipinski definition) is 1. The summed E-state index contributed by atoms with van der Waals surface area (Å²) in [6.07, 6.45) is 0.985. The zero-order valence-electron chi connectivity index (χ0n) is 22.5. The van der Waals surface area contributed by atoms with Crippen molar-refractivity contribution in [1.29, 1.82) is 0 Å². The molecule has 2 amide bonds. The molecule has 40 heavy (non-hydrogen) atoms. The van der Waals surface area contributed by atoms with Crippen LogP contribution < -0.4 is 9.62 Å². The number of nitrogens with zero attached hydrogens (tertiary/aromatic N) is 2. The van der Waals surface area contributed by atoms with E-state index >= 15 is 0 Å². The third-order valence-corrected chi connectivity index (χ3v) is 9.25. The summed E-state index contributed by atoms with van der Waals surface area (Å²) >= 11 is 18.9. The van der Waals surface area contributed by atoms with Gasteiger partial charge in [0.2, 0.25) is 11.8 Å². The number of nitrogens with one attached hydrogen (secondary N) is 1. The van der Waals surface area contributed by atoms with Crippen LogP contribution in [0.15, 0.2) is 77.7 Å². The molecule has 0 fully saturated rings. The van der Waals surface area contributed by atoms with E-state index in [1.807, 2.05) is 13.8 Å². The molecule has 0 aliphatic rings. The summed E-state index contributed by atoms with van der Waals surface area (Å²) in [4.78, 5) is 28.7. The summed E-state index contributed by atoms with van der Waals surface area (Å²) in [5, 5.41) is 3.97. The number of carbonyl (C=O) groups excluding carboxylic acids is 2. The summed E-state index contributed by atoms with van der Waals surface area (Å²) < 4.78 is 28.7. The average Bonchev–Trinajstić information content (AvgIpc) is 2.93. The van der Waals surface area contributed by atoms with Crippen LogP contribution in [-0.4, -0.2) is 43.8 Å². The molecule has 0 bridgehead atoms. The van der Waals surface area contributed by atoms with Gasteiger partial charge in [0.1, 0.15) is 12.6 Å². The van der Waals surface area contributed by atoms with Gasteiger partial charge in [0.15, 0.2) is 0 Å². The molecule has 2 atom stereocenters. The zero-order chi connectivity index (χ0) is 29.4. The van der Waals surface area contributed by atoms with Crippen LogP contribution in [0.1, 0.15) is 39.2 Å². The SMILES string of the molecule is CC[C@H](C(=O)N[C@@H](C)CC)N(Cc1c(Cl)cccc1Cl)C(=O)CN(c1ccccc1)S(=O)(=O)c1ccc(Cl)cc1. The maximum atomic E-state index is 14.1. The van der Waals surface area contributed by atoms with Gasteiger partial charge < -0.3 is 10.2 Å². The summed E-state index contributed by atoms with van der Waals surface area (Å²) in [6, 6.07) is 18.0. The monoisotopic (exact) mass is 623 g/mol. The second-order valence-electron chi connectivity index (χ2n) is 9.26. The van der Waals surface area contributed by atoms with Gasteiger partial charge in [-0.15, -0.1) is 0 Å². The van der Waals surface area contributed by atoms with Crippen LogP contribution in [0, 0.1) is 0 Å². The highest BCUT2D eigenvalue weighted by Crippen LogP contribution is 2.29. The van der Waals surface area contributed by atoms with Crippen LogP contribution in [-0.2, 0) is 26.2 Å². The van der Waals surface area contributed by atoms with Gasteiger partial charge in [0.05, 0.1) is 10.6 Å². The maximum absolute atomic E-state index is 14.1. The second-order valence-corrected chi connectivity index (χ2v) is 12.4. The third kappa shape index (κ3) is 7.69. The van der Waals surface area contributed by atoms with Crippen molar-refractivity contribution >= 4 is 62.3 Å². The van der Waals surface area contributed by atoms with Crippen LogP contribution in [0.4, 0.5) is 5.69 Å². The average molecular weight is 625 g/mol. The van der Waals surface area contributed by atoms with Gasteiger partial charge in [-0.3, -0.25) is 13.9 Å². The van der Waals surface area contributed by atoms with Crippen LogP contribution in [0.2, 0.25) is 15.1 Å². The van der Waals surface area contributed by atoms with Crippen molar-refractivity contribution in [1.82, 2.24) is 10.2 Å². The van der Waals surface area contributed by atoms with Crippen LogP contribution in [0.25, 0.3) is 0 Å². The molecule has 7 nitrogen and oxygen atoms in total. The van der Waals surface area contributed by atoms with Gasteiger partial charge in [0.25, 0.3) is 10.0 Å². The number of para-hydroxylation sites is 1. The van der Waals surface area contributed by atoms with E-state index in [4.69, 9.17) is 34.8 Å². The topological polar surface area (TPSA) is 86.8 Å². The summed E-state index contributed by atoms with van der Waals surface area (Å²) in [5.74, 6) is -0.941. The van der Waals surface area contributed by atoms with E-state index in [1.54, 1.807) is 55.5 Å². The van der Waals surface area contributed by atoms with Crippen molar-refractivity contribution in [3.05, 3.63) is 93.4 Å². The van der Waals surface area contributed by atoms with E-state index in [0.717, 1.165) is 4.31 Å². The Balaban J connectivity index is 2.07. The molecule has 0 aliphatic carbocycles. The minimum Gasteiger partial charge on any atom is -0.352 e. The predicted octanol–water partition coefficient (Wildman–Crippen LogP) is 6.56. The lowest BCUT2D eigenvalue weighted by Gasteiger charge is -2.34. The minimum absolute atomic E-state index is 0.0317. The van der Waals surface area contributed by atoms with E-state index in [0.29, 0.717) is 32.7 Å². The van der Waals surface area contributed by atoms with Gasteiger partial charge in [0, 0.05) is 33.2 Å². The molecule has 0 spiro atoms. The Morgan fingerprint density at radius 2 is 1.45 bits per heavy atom. The van der Waals surface area contributed by atoms with Gasteiger partial charge >= 0.3 is 0 Å². The third-order valence-electron chi connectivity index (χ3n) is 6.50. The number of halogens is 3. The van der Waals surface area contributed by atoms with Crippen molar-refractivity contribution < 1.29 is 18.0 Å². The highest BCUT2D eigenvalue weighted by molar-refractivity contribution is 7.92. The van der Waals surface area contributed by atoms with Gasteiger partial charge in [-0.2, -0.15) is 0 Å². The highest BCUT2D eigenvalue weighted by atomic mass is 35.5. The first-order valence-corrected chi connectivity index (χ1v) is 15.4. The number of hydrogen-bond acceptors (Lipinski definition) is 4. The normalized spacial score (nSPS) is 12.8. The Morgan fingerprint density at radius 3 is 2.00 bits per heavy atom.